The Morgan fingerprint density at radius 3 is 2.68 bits per heavy atom. The Morgan fingerprint density at radius 1 is 1.26 bits per heavy atom. The van der Waals surface area contributed by atoms with Crippen LogP contribution in [0.4, 0.5) is 0 Å². The van der Waals surface area contributed by atoms with E-state index in [1.807, 2.05) is 26.0 Å². The zero-order valence-corrected chi connectivity index (χ0v) is 12.5. The van der Waals surface area contributed by atoms with Gasteiger partial charge in [0.05, 0.1) is 5.75 Å². The van der Waals surface area contributed by atoms with Crippen molar-refractivity contribution in [2.45, 2.75) is 33.2 Å². The third-order valence-electron chi connectivity index (χ3n) is 2.74. The van der Waals surface area contributed by atoms with Crippen molar-refractivity contribution in [2.75, 3.05) is 18.8 Å². The smallest absolute Gasteiger partial charge is 0.211 e. The summed E-state index contributed by atoms with van der Waals surface area (Å²) in [6, 6.07) is 3.76. The van der Waals surface area contributed by atoms with Crippen molar-refractivity contribution in [3.05, 3.63) is 29.6 Å². The van der Waals surface area contributed by atoms with Gasteiger partial charge in [-0.3, -0.25) is 4.98 Å². The van der Waals surface area contributed by atoms with Crippen molar-refractivity contribution in [1.29, 1.82) is 0 Å². The van der Waals surface area contributed by atoms with Crippen LogP contribution in [0.2, 0.25) is 0 Å². The Labute approximate surface area is 115 Å². The van der Waals surface area contributed by atoms with Crippen LogP contribution in [0.5, 0.6) is 0 Å². The van der Waals surface area contributed by atoms with Gasteiger partial charge < -0.3 is 5.32 Å². The van der Waals surface area contributed by atoms with E-state index >= 15 is 0 Å². The first-order valence-electron chi connectivity index (χ1n) is 6.63. The van der Waals surface area contributed by atoms with Gasteiger partial charge in [-0.15, -0.1) is 0 Å². The van der Waals surface area contributed by atoms with Crippen LogP contribution in [0.3, 0.4) is 0 Å². The molecule has 0 radical (unpaired) electrons. The van der Waals surface area contributed by atoms with Crippen LogP contribution >= 0.6 is 0 Å². The van der Waals surface area contributed by atoms with Crippen LogP contribution in [-0.2, 0) is 16.6 Å². The number of aryl methyl sites for hydroxylation is 1. The lowest BCUT2D eigenvalue weighted by Crippen LogP contribution is -2.26. The highest BCUT2D eigenvalue weighted by molar-refractivity contribution is 7.89. The Kier molecular flexibility index (Phi) is 6.97. The van der Waals surface area contributed by atoms with Gasteiger partial charge in [0.1, 0.15) is 0 Å². The Bertz CT molecular complexity index is 457. The lowest BCUT2D eigenvalue weighted by Gasteiger charge is -2.07. The number of hydrogen-bond donors (Lipinski definition) is 2. The fourth-order valence-corrected chi connectivity index (χ4v) is 2.70. The van der Waals surface area contributed by atoms with E-state index in [4.69, 9.17) is 0 Å². The van der Waals surface area contributed by atoms with Gasteiger partial charge >= 0.3 is 0 Å². The molecule has 6 heteroatoms. The molecule has 2 N–H and O–H groups in total. The second-order valence-corrected chi connectivity index (χ2v) is 6.43. The molecule has 0 saturated heterocycles. The average molecular weight is 285 g/mol. The molecule has 0 aromatic carbocycles. The van der Waals surface area contributed by atoms with Gasteiger partial charge in [-0.25, -0.2) is 13.1 Å². The normalized spacial score (nSPS) is 11.7. The number of pyridine rings is 1. The molecule has 0 atom stereocenters. The van der Waals surface area contributed by atoms with E-state index in [0.29, 0.717) is 13.0 Å². The lowest BCUT2D eigenvalue weighted by molar-refractivity contribution is 0.574. The summed E-state index contributed by atoms with van der Waals surface area (Å²) in [4.78, 5) is 4.13. The van der Waals surface area contributed by atoms with Crippen molar-refractivity contribution in [3.63, 3.8) is 0 Å². The molecule has 0 amide bonds. The molecule has 0 aliphatic carbocycles. The Balaban J connectivity index is 2.28. The summed E-state index contributed by atoms with van der Waals surface area (Å²) in [5, 5.41) is 3.17. The predicted octanol–water partition coefficient (Wildman–Crippen LogP) is 1.20. The molecule has 108 valence electrons. The third kappa shape index (κ3) is 7.25. The van der Waals surface area contributed by atoms with Gasteiger partial charge in [0, 0.05) is 18.4 Å². The number of aromatic nitrogens is 1. The minimum atomic E-state index is -3.18. The lowest BCUT2D eigenvalue weighted by atomic mass is 10.2. The van der Waals surface area contributed by atoms with E-state index in [-0.39, 0.29) is 5.75 Å². The maximum Gasteiger partial charge on any atom is 0.211 e. The van der Waals surface area contributed by atoms with Gasteiger partial charge in [-0.2, -0.15) is 0 Å². The molecule has 5 nitrogen and oxygen atoms in total. The van der Waals surface area contributed by atoms with Crippen molar-refractivity contribution >= 4 is 10.0 Å². The van der Waals surface area contributed by atoms with Crippen LogP contribution in [0.15, 0.2) is 18.3 Å². The SMILES string of the molecule is CCNCCCCS(=O)(=O)NCc1ccc(C)nc1. The monoisotopic (exact) mass is 285 g/mol. The fraction of sp³-hybridized carbons (Fsp3) is 0.615. The largest absolute Gasteiger partial charge is 0.317 e. The second-order valence-electron chi connectivity index (χ2n) is 4.51. The Hall–Kier alpha value is -0.980. The highest BCUT2D eigenvalue weighted by Crippen LogP contribution is 2.01. The van der Waals surface area contributed by atoms with E-state index in [1.165, 1.54) is 0 Å². The fourth-order valence-electron chi connectivity index (χ4n) is 1.59. The van der Waals surface area contributed by atoms with Gasteiger partial charge in [0.15, 0.2) is 0 Å². The highest BCUT2D eigenvalue weighted by Gasteiger charge is 2.09. The molecule has 19 heavy (non-hydrogen) atoms. The number of nitrogens with one attached hydrogen (secondary N) is 2. The van der Waals surface area contributed by atoms with E-state index in [0.717, 1.165) is 30.8 Å². The summed E-state index contributed by atoms with van der Waals surface area (Å²) in [6.45, 7) is 6.04. The van der Waals surface area contributed by atoms with Crippen molar-refractivity contribution in [3.8, 4) is 0 Å². The first-order valence-corrected chi connectivity index (χ1v) is 8.28. The van der Waals surface area contributed by atoms with Gasteiger partial charge in [-0.05, 0) is 44.5 Å². The average Bonchev–Trinajstić information content (AvgIpc) is 2.38. The Morgan fingerprint density at radius 2 is 2.05 bits per heavy atom. The maximum absolute atomic E-state index is 11.8. The van der Waals surface area contributed by atoms with Crippen LogP contribution < -0.4 is 10.0 Å². The molecular weight excluding hydrogens is 262 g/mol. The van der Waals surface area contributed by atoms with Crippen molar-refractivity contribution in [1.82, 2.24) is 15.0 Å². The summed E-state index contributed by atoms with van der Waals surface area (Å²) in [7, 11) is -3.18. The first kappa shape index (κ1) is 16.1. The summed E-state index contributed by atoms with van der Waals surface area (Å²) < 4.78 is 26.1. The number of rotatable bonds is 9. The summed E-state index contributed by atoms with van der Waals surface area (Å²) in [6.07, 6.45) is 3.25. The zero-order valence-electron chi connectivity index (χ0n) is 11.6. The molecule has 1 aromatic heterocycles. The van der Waals surface area contributed by atoms with E-state index in [1.54, 1.807) is 6.20 Å². The molecule has 0 fully saturated rings. The van der Waals surface area contributed by atoms with Gasteiger partial charge in [0.25, 0.3) is 0 Å². The molecule has 1 aromatic rings. The highest BCUT2D eigenvalue weighted by atomic mass is 32.2. The molecule has 0 unspecified atom stereocenters. The van der Waals surface area contributed by atoms with E-state index in [9.17, 15) is 8.42 Å². The molecule has 0 aliphatic heterocycles. The van der Waals surface area contributed by atoms with Crippen LogP contribution in [0.25, 0.3) is 0 Å². The molecule has 1 heterocycles. The topological polar surface area (TPSA) is 71.1 Å². The maximum atomic E-state index is 11.8. The van der Waals surface area contributed by atoms with Crippen molar-refractivity contribution < 1.29 is 8.42 Å². The van der Waals surface area contributed by atoms with Crippen LogP contribution in [-0.4, -0.2) is 32.2 Å². The number of sulfonamides is 1. The van der Waals surface area contributed by atoms with Crippen LogP contribution in [0.1, 0.15) is 31.0 Å². The van der Waals surface area contributed by atoms with Gasteiger partial charge in [-0.1, -0.05) is 13.0 Å². The predicted molar refractivity (Wildman–Crippen MR) is 77.4 cm³/mol. The number of nitrogens with zero attached hydrogens (tertiary/aromatic N) is 1. The van der Waals surface area contributed by atoms with E-state index in [2.05, 4.69) is 15.0 Å². The number of hydrogen-bond acceptors (Lipinski definition) is 4. The van der Waals surface area contributed by atoms with Crippen molar-refractivity contribution in [2.24, 2.45) is 0 Å². The summed E-state index contributed by atoms with van der Waals surface area (Å²) >= 11 is 0. The standard InChI is InChI=1S/C13H23N3O2S/c1-3-14-8-4-5-9-19(17,18)16-11-13-7-6-12(2)15-10-13/h6-7,10,14,16H,3-5,8-9,11H2,1-2H3. The minimum absolute atomic E-state index is 0.178. The quantitative estimate of drug-likeness (QED) is 0.669. The number of unbranched alkanes of at least 4 members (excludes halogenated alkanes) is 1. The third-order valence-corrected chi connectivity index (χ3v) is 4.15. The molecule has 0 bridgehead atoms. The molecule has 0 aliphatic rings. The molecule has 0 saturated carbocycles. The first-order chi connectivity index (χ1) is 9.03. The molecule has 0 spiro atoms. The molecule has 1 rings (SSSR count). The minimum Gasteiger partial charge on any atom is -0.317 e. The zero-order chi connectivity index (χ0) is 14.1. The summed E-state index contributed by atoms with van der Waals surface area (Å²) in [5.41, 5.74) is 1.80. The second kappa shape index (κ2) is 8.24. The van der Waals surface area contributed by atoms with Gasteiger partial charge in [0.2, 0.25) is 10.0 Å². The van der Waals surface area contributed by atoms with E-state index < -0.39 is 10.0 Å². The van der Waals surface area contributed by atoms with Crippen LogP contribution in [0, 0.1) is 6.92 Å². The summed E-state index contributed by atoms with van der Waals surface area (Å²) in [5.74, 6) is 0.178. The molecular formula is C13H23N3O2S.